The zero-order valence-corrected chi connectivity index (χ0v) is 7.56. The van der Waals surface area contributed by atoms with Crippen molar-refractivity contribution in [2.24, 2.45) is 0 Å². The molecule has 1 rings (SSSR count). The first-order valence-electron chi connectivity index (χ1n) is 3.91. The van der Waals surface area contributed by atoms with Gasteiger partial charge < -0.3 is 5.11 Å². The van der Waals surface area contributed by atoms with Crippen LogP contribution >= 0.6 is 0 Å². The maximum absolute atomic E-state index is 10.5. The quantitative estimate of drug-likeness (QED) is 0.562. The second-order valence-corrected chi connectivity index (χ2v) is 2.71. The third-order valence-corrected chi connectivity index (χ3v) is 1.58. The average molecular weight is 188 g/mol. The normalized spacial score (nSPS) is 10.7. The number of rotatable bonds is 2. The summed E-state index contributed by atoms with van der Waals surface area (Å²) in [4.78, 5) is 14.5. The first-order chi connectivity index (χ1) is 6.63. The van der Waals surface area contributed by atoms with E-state index < -0.39 is 5.97 Å². The lowest BCUT2D eigenvalue weighted by molar-refractivity contribution is -0.132. The lowest BCUT2D eigenvalue weighted by Crippen LogP contribution is -1.97. The SMILES string of the molecule is Cc1cc(/C=C(\C#N)C(=O)O)ccn1. The summed E-state index contributed by atoms with van der Waals surface area (Å²) in [5.74, 6) is -1.22. The van der Waals surface area contributed by atoms with Crippen molar-refractivity contribution >= 4 is 12.0 Å². The molecule has 0 amide bonds. The van der Waals surface area contributed by atoms with Crippen LogP contribution in [-0.4, -0.2) is 16.1 Å². The molecule has 0 unspecified atom stereocenters. The number of carboxylic acids is 1. The lowest BCUT2D eigenvalue weighted by atomic mass is 10.1. The summed E-state index contributed by atoms with van der Waals surface area (Å²) in [5, 5.41) is 17.1. The molecule has 0 spiro atoms. The third kappa shape index (κ3) is 2.42. The molecule has 70 valence electrons. The maximum Gasteiger partial charge on any atom is 0.346 e. The minimum Gasteiger partial charge on any atom is -0.477 e. The lowest BCUT2D eigenvalue weighted by Gasteiger charge is -1.95. The van der Waals surface area contributed by atoms with Crippen LogP contribution in [0.15, 0.2) is 23.9 Å². The molecule has 0 fully saturated rings. The molecule has 1 N–H and O–H groups in total. The Hall–Kier alpha value is -2.15. The van der Waals surface area contributed by atoms with E-state index in [0.717, 1.165) is 5.69 Å². The van der Waals surface area contributed by atoms with Crippen LogP contribution in [0.25, 0.3) is 6.08 Å². The van der Waals surface area contributed by atoms with E-state index in [2.05, 4.69) is 4.98 Å². The standard InChI is InChI=1S/C10H8N2O2/c1-7-4-8(2-3-12-7)5-9(6-11)10(13)14/h2-5H,1H3,(H,13,14)/b9-5+. The van der Waals surface area contributed by atoms with Gasteiger partial charge in [-0.25, -0.2) is 4.79 Å². The van der Waals surface area contributed by atoms with Crippen molar-refractivity contribution in [1.82, 2.24) is 4.98 Å². The molecule has 0 bridgehead atoms. The monoisotopic (exact) mass is 188 g/mol. The minimum absolute atomic E-state index is 0.282. The van der Waals surface area contributed by atoms with Gasteiger partial charge in [0.25, 0.3) is 0 Å². The fourth-order valence-corrected chi connectivity index (χ4v) is 0.966. The summed E-state index contributed by atoms with van der Waals surface area (Å²) >= 11 is 0. The van der Waals surface area contributed by atoms with E-state index in [1.54, 1.807) is 31.3 Å². The first kappa shape index (κ1) is 9.93. The molecular weight excluding hydrogens is 180 g/mol. The molecule has 0 radical (unpaired) electrons. The molecule has 1 aromatic rings. The number of hydrogen-bond acceptors (Lipinski definition) is 3. The van der Waals surface area contributed by atoms with Crippen LogP contribution in [0.1, 0.15) is 11.3 Å². The summed E-state index contributed by atoms with van der Waals surface area (Å²) < 4.78 is 0. The van der Waals surface area contributed by atoms with Gasteiger partial charge in [-0.15, -0.1) is 0 Å². The Labute approximate surface area is 81.1 Å². The van der Waals surface area contributed by atoms with Gasteiger partial charge in [0.2, 0.25) is 0 Å². The number of nitriles is 1. The Morgan fingerprint density at radius 2 is 2.43 bits per heavy atom. The fraction of sp³-hybridized carbons (Fsp3) is 0.100. The van der Waals surface area contributed by atoms with E-state index in [0.29, 0.717) is 5.56 Å². The van der Waals surface area contributed by atoms with Crippen LogP contribution in [0.2, 0.25) is 0 Å². The topological polar surface area (TPSA) is 74.0 Å². The van der Waals surface area contributed by atoms with Crippen molar-refractivity contribution < 1.29 is 9.90 Å². The molecule has 0 aliphatic heterocycles. The minimum atomic E-state index is -1.22. The van der Waals surface area contributed by atoms with Crippen LogP contribution in [0.5, 0.6) is 0 Å². The maximum atomic E-state index is 10.5. The van der Waals surface area contributed by atoms with Gasteiger partial charge >= 0.3 is 5.97 Å². The first-order valence-corrected chi connectivity index (χ1v) is 3.91. The van der Waals surface area contributed by atoms with Gasteiger partial charge in [-0.2, -0.15) is 5.26 Å². The highest BCUT2D eigenvalue weighted by Crippen LogP contribution is 2.07. The number of aliphatic carboxylic acids is 1. The largest absolute Gasteiger partial charge is 0.477 e. The zero-order valence-electron chi connectivity index (χ0n) is 7.56. The van der Waals surface area contributed by atoms with E-state index in [4.69, 9.17) is 10.4 Å². The van der Waals surface area contributed by atoms with Gasteiger partial charge in [0.1, 0.15) is 11.6 Å². The second kappa shape index (κ2) is 4.19. The Balaban J connectivity index is 3.08. The summed E-state index contributed by atoms with van der Waals surface area (Å²) in [6.07, 6.45) is 2.88. The van der Waals surface area contributed by atoms with Crippen LogP contribution in [0, 0.1) is 18.3 Å². The average Bonchev–Trinajstić information content (AvgIpc) is 2.14. The molecule has 1 aromatic heterocycles. The van der Waals surface area contributed by atoms with Gasteiger partial charge in [-0.05, 0) is 30.7 Å². The molecule has 0 aliphatic rings. The second-order valence-electron chi connectivity index (χ2n) is 2.71. The van der Waals surface area contributed by atoms with Gasteiger partial charge in [-0.3, -0.25) is 4.98 Å². The molecule has 0 saturated heterocycles. The Morgan fingerprint density at radius 3 is 2.93 bits per heavy atom. The van der Waals surface area contributed by atoms with Crippen molar-refractivity contribution in [3.8, 4) is 6.07 Å². The molecule has 0 saturated carbocycles. The predicted molar refractivity (Wildman–Crippen MR) is 50.2 cm³/mol. The highest BCUT2D eigenvalue weighted by molar-refractivity contribution is 5.96. The molecule has 14 heavy (non-hydrogen) atoms. The van der Waals surface area contributed by atoms with Gasteiger partial charge in [0, 0.05) is 11.9 Å². The number of aromatic nitrogens is 1. The highest BCUT2D eigenvalue weighted by atomic mass is 16.4. The number of pyridine rings is 1. The van der Waals surface area contributed by atoms with Gasteiger partial charge in [-0.1, -0.05) is 0 Å². The van der Waals surface area contributed by atoms with Crippen molar-refractivity contribution in [2.45, 2.75) is 6.92 Å². The van der Waals surface area contributed by atoms with Crippen molar-refractivity contribution in [3.05, 3.63) is 35.2 Å². The molecule has 0 atom stereocenters. The van der Waals surface area contributed by atoms with E-state index >= 15 is 0 Å². The van der Waals surface area contributed by atoms with E-state index in [1.807, 2.05) is 0 Å². The third-order valence-electron chi connectivity index (χ3n) is 1.58. The number of hydrogen-bond donors (Lipinski definition) is 1. The summed E-state index contributed by atoms with van der Waals surface area (Å²) in [6, 6.07) is 4.97. The summed E-state index contributed by atoms with van der Waals surface area (Å²) in [7, 11) is 0. The van der Waals surface area contributed by atoms with Gasteiger partial charge in [0.15, 0.2) is 0 Å². The molecule has 4 nitrogen and oxygen atoms in total. The van der Waals surface area contributed by atoms with Crippen molar-refractivity contribution in [3.63, 3.8) is 0 Å². The van der Waals surface area contributed by atoms with Gasteiger partial charge in [0.05, 0.1) is 0 Å². The van der Waals surface area contributed by atoms with E-state index in [1.165, 1.54) is 6.08 Å². The molecule has 4 heteroatoms. The van der Waals surface area contributed by atoms with Crippen LogP contribution in [-0.2, 0) is 4.79 Å². The molecule has 1 heterocycles. The fourth-order valence-electron chi connectivity index (χ4n) is 0.966. The van der Waals surface area contributed by atoms with Crippen LogP contribution in [0.4, 0.5) is 0 Å². The number of nitrogens with zero attached hydrogens (tertiary/aromatic N) is 2. The summed E-state index contributed by atoms with van der Waals surface area (Å²) in [6.45, 7) is 1.80. The van der Waals surface area contributed by atoms with E-state index in [9.17, 15) is 4.79 Å². The summed E-state index contributed by atoms with van der Waals surface area (Å²) in [5.41, 5.74) is 1.16. The van der Waals surface area contributed by atoms with Crippen molar-refractivity contribution in [1.29, 1.82) is 5.26 Å². The molecule has 0 aliphatic carbocycles. The highest BCUT2D eigenvalue weighted by Gasteiger charge is 2.05. The Kier molecular flexibility index (Phi) is 2.97. The van der Waals surface area contributed by atoms with Crippen molar-refractivity contribution in [2.75, 3.05) is 0 Å². The number of carbonyl (C=O) groups is 1. The predicted octanol–water partition coefficient (Wildman–Crippen LogP) is 1.38. The van der Waals surface area contributed by atoms with Crippen LogP contribution in [0.3, 0.4) is 0 Å². The number of aryl methyl sites for hydroxylation is 1. The molecular formula is C10H8N2O2. The number of carboxylic acid groups (broad SMARTS) is 1. The smallest absolute Gasteiger partial charge is 0.346 e. The van der Waals surface area contributed by atoms with E-state index in [-0.39, 0.29) is 5.57 Å². The van der Waals surface area contributed by atoms with Crippen LogP contribution < -0.4 is 0 Å². The molecule has 0 aromatic carbocycles. The Bertz CT molecular complexity index is 430. The Morgan fingerprint density at radius 1 is 1.71 bits per heavy atom. The zero-order chi connectivity index (χ0) is 10.6.